The van der Waals surface area contributed by atoms with Crippen LogP contribution >= 0.6 is 11.3 Å². The van der Waals surface area contributed by atoms with Crippen LogP contribution in [0.3, 0.4) is 0 Å². The fraction of sp³-hybridized carbons (Fsp3) is 0.286. The van der Waals surface area contributed by atoms with E-state index in [1.54, 1.807) is 6.92 Å². The summed E-state index contributed by atoms with van der Waals surface area (Å²) < 4.78 is 4.68. The number of hydrogen-bond acceptors (Lipinski definition) is 5. The molecule has 0 aliphatic carbocycles. The van der Waals surface area contributed by atoms with Gasteiger partial charge in [-0.15, -0.1) is 11.3 Å². The summed E-state index contributed by atoms with van der Waals surface area (Å²) in [6, 6.07) is 0. The van der Waals surface area contributed by atoms with E-state index in [0.717, 1.165) is 11.3 Å². The number of rotatable bonds is 3. The Balaban J connectivity index is 2.74. The summed E-state index contributed by atoms with van der Waals surface area (Å²) in [5, 5.41) is 0.221. The van der Waals surface area contributed by atoms with Crippen LogP contribution in [0.1, 0.15) is 26.4 Å². The summed E-state index contributed by atoms with van der Waals surface area (Å²) in [4.78, 5) is 25.3. The first-order chi connectivity index (χ1) is 5.77. The Kier molecular flexibility index (Phi) is 2.93. The molecule has 0 amide bonds. The molecule has 0 N–H and O–H groups in total. The van der Waals surface area contributed by atoms with E-state index in [2.05, 4.69) is 9.72 Å². The number of aromatic nitrogens is 1. The lowest BCUT2D eigenvalue weighted by molar-refractivity contribution is 0.0526. The van der Waals surface area contributed by atoms with Gasteiger partial charge in [0.25, 0.3) is 0 Å². The first-order valence-electron chi connectivity index (χ1n) is 3.36. The van der Waals surface area contributed by atoms with Gasteiger partial charge in [0, 0.05) is 6.20 Å². The van der Waals surface area contributed by atoms with Crippen molar-refractivity contribution in [3.63, 3.8) is 0 Å². The molecule has 0 saturated carbocycles. The highest BCUT2D eigenvalue weighted by Crippen LogP contribution is 2.11. The van der Waals surface area contributed by atoms with Gasteiger partial charge in [-0.1, -0.05) is 0 Å². The Morgan fingerprint density at radius 3 is 3.08 bits per heavy atom. The van der Waals surface area contributed by atoms with E-state index in [9.17, 15) is 9.59 Å². The molecule has 1 heterocycles. The molecule has 0 radical (unpaired) electrons. The van der Waals surface area contributed by atoms with Crippen LogP contribution in [-0.2, 0) is 4.74 Å². The van der Waals surface area contributed by atoms with Crippen LogP contribution in [0.4, 0.5) is 0 Å². The van der Waals surface area contributed by atoms with Crippen molar-refractivity contribution in [2.45, 2.75) is 6.92 Å². The third kappa shape index (κ3) is 1.88. The zero-order valence-electron chi connectivity index (χ0n) is 6.44. The maximum absolute atomic E-state index is 11.0. The Bertz CT molecular complexity index is 295. The zero-order chi connectivity index (χ0) is 8.97. The average molecular weight is 185 g/mol. The summed E-state index contributed by atoms with van der Waals surface area (Å²) in [6.45, 7) is 2.03. The molecule has 64 valence electrons. The van der Waals surface area contributed by atoms with E-state index < -0.39 is 5.97 Å². The molecule has 0 aliphatic heterocycles. The fourth-order valence-electron chi connectivity index (χ4n) is 0.628. The van der Waals surface area contributed by atoms with E-state index in [4.69, 9.17) is 0 Å². The predicted octanol–water partition coefficient (Wildman–Crippen LogP) is 1.13. The number of carbonyl (C=O) groups is 2. The van der Waals surface area contributed by atoms with Gasteiger partial charge in [0.15, 0.2) is 6.29 Å². The van der Waals surface area contributed by atoms with Crippen LogP contribution in [0, 0.1) is 0 Å². The maximum atomic E-state index is 11.0. The number of nitrogens with zero attached hydrogens (tertiary/aromatic N) is 1. The smallest absolute Gasteiger partial charge is 0.367 e. The van der Waals surface area contributed by atoms with Gasteiger partial charge < -0.3 is 4.74 Å². The maximum Gasteiger partial charge on any atom is 0.367 e. The quantitative estimate of drug-likeness (QED) is 0.523. The van der Waals surface area contributed by atoms with Crippen molar-refractivity contribution < 1.29 is 14.3 Å². The van der Waals surface area contributed by atoms with Crippen molar-refractivity contribution in [3.05, 3.63) is 16.1 Å². The van der Waals surface area contributed by atoms with Crippen LogP contribution in [0.15, 0.2) is 6.20 Å². The number of hydrogen-bond donors (Lipinski definition) is 0. The molecule has 0 unspecified atom stereocenters. The second-order valence-corrected chi connectivity index (χ2v) is 2.97. The molecule has 1 rings (SSSR count). The monoisotopic (exact) mass is 185 g/mol. The largest absolute Gasteiger partial charge is 0.461 e. The van der Waals surface area contributed by atoms with Crippen LogP contribution in [-0.4, -0.2) is 23.8 Å². The van der Waals surface area contributed by atoms with Crippen molar-refractivity contribution in [2.24, 2.45) is 0 Å². The minimum Gasteiger partial charge on any atom is -0.461 e. The molecule has 0 fully saturated rings. The molecule has 0 saturated heterocycles. The standard InChI is InChI=1S/C7H7NO3S/c1-2-11-7(10)6-8-3-5(4-9)12-6/h3-4H,2H2,1H3. The third-order valence-electron chi connectivity index (χ3n) is 1.09. The minimum absolute atomic E-state index is 0.221. The second-order valence-electron chi connectivity index (χ2n) is 1.91. The number of aldehydes is 1. The third-order valence-corrected chi connectivity index (χ3v) is 1.99. The first-order valence-corrected chi connectivity index (χ1v) is 4.17. The van der Waals surface area contributed by atoms with E-state index in [1.165, 1.54) is 6.20 Å². The van der Waals surface area contributed by atoms with E-state index >= 15 is 0 Å². The van der Waals surface area contributed by atoms with Gasteiger partial charge in [0.05, 0.1) is 11.5 Å². The lowest BCUT2D eigenvalue weighted by Crippen LogP contribution is -2.03. The van der Waals surface area contributed by atoms with E-state index in [0.29, 0.717) is 17.8 Å². The van der Waals surface area contributed by atoms with Gasteiger partial charge >= 0.3 is 5.97 Å². The summed E-state index contributed by atoms with van der Waals surface area (Å²) in [6.07, 6.45) is 2.00. The van der Waals surface area contributed by atoms with E-state index in [-0.39, 0.29) is 5.01 Å². The Morgan fingerprint density at radius 2 is 2.58 bits per heavy atom. The number of ether oxygens (including phenoxy) is 1. The predicted molar refractivity (Wildman–Crippen MR) is 43.5 cm³/mol. The molecule has 12 heavy (non-hydrogen) atoms. The highest BCUT2D eigenvalue weighted by atomic mass is 32.1. The number of thiazole rings is 1. The van der Waals surface area contributed by atoms with Crippen LogP contribution in [0.25, 0.3) is 0 Å². The van der Waals surface area contributed by atoms with Crippen molar-refractivity contribution in [1.82, 2.24) is 4.98 Å². The molecule has 1 aromatic rings. The van der Waals surface area contributed by atoms with Crippen LogP contribution in [0.2, 0.25) is 0 Å². The first kappa shape index (κ1) is 8.86. The molecule has 0 aliphatic rings. The average Bonchev–Trinajstić information content (AvgIpc) is 2.52. The SMILES string of the molecule is CCOC(=O)c1ncc(C=O)s1. The van der Waals surface area contributed by atoms with Gasteiger partial charge in [-0.3, -0.25) is 4.79 Å². The number of esters is 1. The molecule has 0 bridgehead atoms. The molecular formula is C7H7NO3S. The summed E-state index contributed by atoms with van der Waals surface area (Å²) in [7, 11) is 0. The molecule has 1 aromatic heterocycles. The van der Waals surface area contributed by atoms with Crippen molar-refractivity contribution in [2.75, 3.05) is 6.61 Å². The fourth-order valence-corrected chi connectivity index (χ4v) is 1.25. The highest BCUT2D eigenvalue weighted by molar-refractivity contribution is 7.15. The van der Waals surface area contributed by atoms with Gasteiger partial charge in [0.1, 0.15) is 0 Å². The Hall–Kier alpha value is -1.23. The van der Waals surface area contributed by atoms with Crippen molar-refractivity contribution >= 4 is 23.6 Å². The lowest BCUT2D eigenvalue weighted by atomic mass is 10.6. The molecule has 0 aromatic carbocycles. The lowest BCUT2D eigenvalue weighted by Gasteiger charge is -1.94. The number of carbonyl (C=O) groups excluding carboxylic acids is 2. The van der Waals surface area contributed by atoms with Gasteiger partial charge in [-0.25, -0.2) is 9.78 Å². The summed E-state index contributed by atoms with van der Waals surface area (Å²) in [5.41, 5.74) is 0. The summed E-state index contributed by atoms with van der Waals surface area (Å²) in [5.74, 6) is -0.476. The van der Waals surface area contributed by atoms with Gasteiger partial charge in [-0.05, 0) is 6.92 Å². The molecule has 5 heteroatoms. The van der Waals surface area contributed by atoms with Gasteiger partial charge in [-0.2, -0.15) is 0 Å². The Labute approximate surface area is 73.2 Å². The normalized spacial score (nSPS) is 9.42. The van der Waals surface area contributed by atoms with Crippen molar-refractivity contribution in [3.8, 4) is 0 Å². The van der Waals surface area contributed by atoms with Crippen LogP contribution < -0.4 is 0 Å². The Morgan fingerprint density at radius 1 is 1.83 bits per heavy atom. The minimum atomic E-state index is -0.476. The van der Waals surface area contributed by atoms with Gasteiger partial charge in [0.2, 0.25) is 5.01 Å². The van der Waals surface area contributed by atoms with E-state index in [1.807, 2.05) is 0 Å². The molecule has 4 nitrogen and oxygen atoms in total. The molecular weight excluding hydrogens is 178 g/mol. The molecule has 0 atom stereocenters. The topological polar surface area (TPSA) is 56.3 Å². The van der Waals surface area contributed by atoms with Crippen LogP contribution in [0.5, 0.6) is 0 Å². The van der Waals surface area contributed by atoms with Crippen molar-refractivity contribution in [1.29, 1.82) is 0 Å². The molecule has 0 spiro atoms. The highest BCUT2D eigenvalue weighted by Gasteiger charge is 2.10. The zero-order valence-corrected chi connectivity index (χ0v) is 7.26. The summed E-state index contributed by atoms with van der Waals surface area (Å²) >= 11 is 1.03. The second kappa shape index (κ2) is 3.96.